The first-order valence-electron chi connectivity index (χ1n) is 7.17. The van der Waals surface area contributed by atoms with Crippen molar-refractivity contribution in [2.45, 2.75) is 51.6 Å². The Balaban J connectivity index is 2.11. The van der Waals surface area contributed by atoms with E-state index in [-0.39, 0.29) is 12.5 Å². The number of carboxylic acids is 1. The quantitative estimate of drug-likeness (QED) is 0.880. The van der Waals surface area contributed by atoms with Crippen LogP contribution in [0, 0.1) is 5.92 Å². The second kappa shape index (κ2) is 6.60. The van der Waals surface area contributed by atoms with E-state index in [1.165, 1.54) is 19.3 Å². The van der Waals surface area contributed by atoms with Crippen LogP contribution in [-0.2, 0) is 11.2 Å². The van der Waals surface area contributed by atoms with Gasteiger partial charge in [-0.05, 0) is 37.7 Å². The van der Waals surface area contributed by atoms with Crippen molar-refractivity contribution in [1.29, 1.82) is 0 Å². The van der Waals surface area contributed by atoms with Crippen LogP contribution in [0.4, 0.5) is 0 Å². The standard InChI is InChI=1S/C16H22O3/c1-2-12-7-3-5-9-14(12)19-15-10-6-4-8-13(15)11-16(17)18/h4,6,8,10,12,14H,2-3,5,7,9,11H2,1H3,(H,17,18). The topological polar surface area (TPSA) is 46.5 Å². The Labute approximate surface area is 114 Å². The number of carboxylic acid groups (broad SMARTS) is 1. The van der Waals surface area contributed by atoms with E-state index in [2.05, 4.69) is 6.92 Å². The Morgan fingerprint density at radius 1 is 1.32 bits per heavy atom. The Kier molecular flexibility index (Phi) is 4.83. The first kappa shape index (κ1) is 13.9. The number of benzene rings is 1. The number of hydrogen-bond donors (Lipinski definition) is 1. The molecule has 0 aliphatic heterocycles. The molecule has 2 unspecified atom stereocenters. The van der Waals surface area contributed by atoms with Crippen LogP contribution < -0.4 is 4.74 Å². The van der Waals surface area contributed by atoms with Gasteiger partial charge >= 0.3 is 5.97 Å². The first-order chi connectivity index (χ1) is 9.20. The van der Waals surface area contributed by atoms with Crippen LogP contribution in [0.1, 0.15) is 44.6 Å². The summed E-state index contributed by atoms with van der Waals surface area (Å²) in [4.78, 5) is 10.9. The van der Waals surface area contributed by atoms with Crippen LogP contribution in [0.5, 0.6) is 5.75 Å². The van der Waals surface area contributed by atoms with Crippen LogP contribution in [0.2, 0.25) is 0 Å². The lowest BCUT2D eigenvalue weighted by Crippen LogP contribution is -2.30. The first-order valence-corrected chi connectivity index (χ1v) is 7.17. The molecule has 2 atom stereocenters. The van der Waals surface area contributed by atoms with Crippen LogP contribution in [0.25, 0.3) is 0 Å². The third kappa shape index (κ3) is 3.72. The van der Waals surface area contributed by atoms with Gasteiger partial charge < -0.3 is 9.84 Å². The monoisotopic (exact) mass is 262 g/mol. The molecule has 0 amide bonds. The van der Waals surface area contributed by atoms with Gasteiger partial charge in [0.2, 0.25) is 0 Å². The van der Waals surface area contributed by atoms with Crippen molar-refractivity contribution in [2.75, 3.05) is 0 Å². The van der Waals surface area contributed by atoms with Crippen LogP contribution >= 0.6 is 0 Å². The fourth-order valence-electron chi connectivity index (χ4n) is 2.89. The Hall–Kier alpha value is -1.51. The highest BCUT2D eigenvalue weighted by molar-refractivity contribution is 5.71. The lowest BCUT2D eigenvalue weighted by molar-refractivity contribution is -0.136. The Bertz CT molecular complexity index is 428. The molecule has 3 heteroatoms. The fraction of sp³-hybridized carbons (Fsp3) is 0.562. The number of aliphatic carboxylic acids is 1. The number of rotatable bonds is 5. The molecule has 0 bridgehead atoms. The minimum atomic E-state index is -0.813. The fourth-order valence-corrected chi connectivity index (χ4v) is 2.89. The predicted octanol–water partition coefficient (Wildman–Crippen LogP) is 3.66. The Morgan fingerprint density at radius 3 is 2.79 bits per heavy atom. The molecule has 3 nitrogen and oxygen atoms in total. The van der Waals surface area contributed by atoms with Gasteiger partial charge in [-0.3, -0.25) is 4.79 Å². The largest absolute Gasteiger partial charge is 0.490 e. The molecular formula is C16H22O3. The minimum absolute atomic E-state index is 0.0275. The third-order valence-corrected chi connectivity index (χ3v) is 3.96. The molecule has 0 aromatic heterocycles. The highest BCUT2D eigenvalue weighted by Crippen LogP contribution is 2.31. The average Bonchev–Trinajstić information content (AvgIpc) is 2.41. The predicted molar refractivity (Wildman–Crippen MR) is 74.4 cm³/mol. The maximum absolute atomic E-state index is 10.9. The number of para-hydroxylation sites is 1. The van der Waals surface area contributed by atoms with Gasteiger partial charge in [0.15, 0.2) is 0 Å². The third-order valence-electron chi connectivity index (χ3n) is 3.96. The molecule has 1 aromatic carbocycles. The molecule has 0 saturated heterocycles. The van der Waals surface area contributed by atoms with Crippen LogP contribution in [0.3, 0.4) is 0 Å². The van der Waals surface area contributed by atoms with Gasteiger partial charge in [-0.2, -0.15) is 0 Å². The summed E-state index contributed by atoms with van der Waals surface area (Å²) in [7, 11) is 0. The van der Waals surface area contributed by atoms with Crippen LogP contribution in [-0.4, -0.2) is 17.2 Å². The summed E-state index contributed by atoms with van der Waals surface area (Å²) in [6.07, 6.45) is 6.21. The van der Waals surface area contributed by atoms with Gasteiger partial charge in [-0.25, -0.2) is 0 Å². The molecule has 1 saturated carbocycles. The van der Waals surface area contributed by atoms with Gasteiger partial charge in [0.1, 0.15) is 11.9 Å². The van der Waals surface area contributed by atoms with E-state index >= 15 is 0 Å². The van der Waals surface area contributed by atoms with E-state index in [1.54, 1.807) is 0 Å². The highest BCUT2D eigenvalue weighted by Gasteiger charge is 2.25. The van der Waals surface area contributed by atoms with E-state index in [0.29, 0.717) is 5.92 Å². The van der Waals surface area contributed by atoms with E-state index in [0.717, 1.165) is 24.2 Å². The van der Waals surface area contributed by atoms with Gasteiger partial charge in [0.05, 0.1) is 6.42 Å². The highest BCUT2D eigenvalue weighted by atomic mass is 16.5. The van der Waals surface area contributed by atoms with Crippen molar-refractivity contribution in [3.63, 3.8) is 0 Å². The van der Waals surface area contributed by atoms with E-state index in [1.807, 2.05) is 24.3 Å². The second-order valence-electron chi connectivity index (χ2n) is 5.29. The van der Waals surface area contributed by atoms with Crippen molar-refractivity contribution >= 4 is 5.97 Å². The molecule has 1 aliphatic carbocycles. The molecule has 0 spiro atoms. The molecule has 0 radical (unpaired) electrons. The zero-order valence-corrected chi connectivity index (χ0v) is 11.5. The van der Waals surface area contributed by atoms with Crippen molar-refractivity contribution in [2.24, 2.45) is 5.92 Å². The summed E-state index contributed by atoms with van der Waals surface area (Å²) in [6, 6.07) is 7.50. The minimum Gasteiger partial charge on any atom is -0.490 e. The van der Waals surface area contributed by atoms with Gasteiger partial charge in [-0.1, -0.05) is 31.5 Å². The summed E-state index contributed by atoms with van der Waals surface area (Å²) in [6.45, 7) is 2.20. The number of ether oxygens (including phenoxy) is 1. The molecular weight excluding hydrogens is 240 g/mol. The van der Waals surface area contributed by atoms with Gasteiger partial charge in [0, 0.05) is 5.56 Å². The molecule has 1 fully saturated rings. The summed E-state index contributed by atoms with van der Waals surface area (Å²) < 4.78 is 6.13. The molecule has 1 aromatic rings. The summed E-state index contributed by atoms with van der Waals surface area (Å²) in [5, 5.41) is 8.94. The van der Waals surface area contributed by atoms with Crippen molar-refractivity contribution in [3.05, 3.63) is 29.8 Å². The summed E-state index contributed by atoms with van der Waals surface area (Å²) >= 11 is 0. The SMILES string of the molecule is CCC1CCCCC1Oc1ccccc1CC(=O)O. The molecule has 104 valence electrons. The average molecular weight is 262 g/mol. The van der Waals surface area contributed by atoms with Crippen LogP contribution in [0.15, 0.2) is 24.3 Å². The lowest BCUT2D eigenvalue weighted by Gasteiger charge is -2.31. The maximum Gasteiger partial charge on any atom is 0.307 e. The zero-order chi connectivity index (χ0) is 13.7. The second-order valence-corrected chi connectivity index (χ2v) is 5.29. The zero-order valence-electron chi connectivity index (χ0n) is 11.5. The van der Waals surface area contributed by atoms with Gasteiger partial charge in [0.25, 0.3) is 0 Å². The molecule has 1 aliphatic rings. The number of hydrogen-bond acceptors (Lipinski definition) is 2. The number of carbonyl (C=O) groups is 1. The maximum atomic E-state index is 10.9. The molecule has 2 rings (SSSR count). The van der Waals surface area contributed by atoms with Gasteiger partial charge in [-0.15, -0.1) is 0 Å². The van der Waals surface area contributed by atoms with Crippen molar-refractivity contribution in [1.82, 2.24) is 0 Å². The smallest absolute Gasteiger partial charge is 0.307 e. The Morgan fingerprint density at radius 2 is 2.05 bits per heavy atom. The van der Waals surface area contributed by atoms with Crippen molar-refractivity contribution < 1.29 is 14.6 Å². The van der Waals surface area contributed by atoms with E-state index < -0.39 is 5.97 Å². The summed E-state index contributed by atoms with van der Waals surface area (Å²) in [5.74, 6) is 0.536. The van der Waals surface area contributed by atoms with Crippen molar-refractivity contribution in [3.8, 4) is 5.75 Å². The van der Waals surface area contributed by atoms with E-state index in [9.17, 15) is 4.79 Å². The molecule has 19 heavy (non-hydrogen) atoms. The van der Waals surface area contributed by atoms with E-state index in [4.69, 9.17) is 9.84 Å². The normalized spacial score (nSPS) is 23.0. The molecule has 1 N–H and O–H groups in total. The summed E-state index contributed by atoms with van der Waals surface area (Å²) in [5.41, 5.74) is 0.774. The molecule has 0 heterocycles. The lowest BCUT2D eigenvalue weighted by atomic mass is 9.84.